The molecule has 2 saturated heterocycles. The number of morpholine rings is 2. The standard InChI is InChI=1S/C19H23F2N7O2/c20-16(21)17-23-14-3-1-2-4-15(14)28(17)27-13-22-18(25-5-9-29-10-6-25)24-19(27)26-7-11-30-12-8-26/h1-4,13,16,19H,5-12H2. The highest BCUT2D eigenvalue weighted by Gasteiger charge is 2.34. The molecule has 1 atom stereocenters. The molecule has 0 aliphatic carbocycles. The van der Waals surface area contributed by atoms with E-state index < -0.39 is 12.7 Å². The van der Waals surface area contributed by atoms with Crippen molar-refractivity contribution in [2.75, 3.05) is 57.6 Å². The number of aliphatic imine (C=N–C) groups is 2. The summed E-state index contributed by atoms with van der Waals surface area (Å²) in [4.78, 5) is 17.7. The van der Waals surface area contributed by atoms with Crippen LogP contribution in [0.25, 0.3) is 11.0 Å². The van der Waals surface area contributed by atoms with Crippen molar-refractivity contribution < 1.29 is 18.3 Å². The second kappa shape index (κ2) is 8.25. The first-order chi connectivity index (χ1) is 14.7. The van der Waals surface area contributed by atoms with Crippen LogP contribution in [-0.2, 0) is 9.47 Å². The van der Waals surface area contributed by atoms with Crippen molar-refractivity contribution in [3.63, 3.8) is 0 Å². The van der Waals surface area contributed by atoms with Crippen LogP contribution in [0.15, 0.2) is 34.3 Å². The molecule has 0 saturated carbocycles. The van der Waals surface area contributed by atoms with Crippen LogP contribution < -0.4 is 5.01 Å². The predicted molar refractivity (Wildman–Crippen MR) is 107 cm³/mol. The lowest BCUT2D eigenvalue weighted by molar-refractivity contribution is 0.0151. The van der Waals surface area contributed by atoms with E-state index in [1.807, 2.05) is 6.07 Å². The number of hydrogen-bond acceptors (Lipinski definition) is 8. The quantitative estimate of drug-likeness (QED) is 0.746. The summed E-state index contributed by atoms with van der Waals surface area (Å²) in [5.74, 6) is 0.264. The number of fused-ring (bicyclic) bond motifs is 1. The summed E-state index contributed by atoms with van der Waals surface area (Å²) in [6.07, 6.45) is -1.68. The third kappa shape index (κ3) is 3.53. The van der Waals surface area contributed by atoms with Gasteiger partial charge in [0.25, 0.3) is 6.43 Å². The summed E-state index contributed by atoms with van der Waals surface area (Å²) >= 11 is 0. The van der Waals surface area contributed by atoms with E-state index in [2.05, 4.69) is 19.8 Å². The highest BCUT2D eigenvalue weighted by molar-refractivity contribution is 5.93. The Balaban J connectivity index is 1.57. The van der Waals surface area contributed by atoms with Gasteiger partial charge >= 0.3 is 0 Å². The molecule has 1 unspecified atom stereocenters. The lowest BCUT2D eigenvalue weighted by Crippen LogP contribution is -2.58. The number of nitrogens with zero attached hydrogens (tertiary/aromatic N) is 7. The van der Waals surface area contributed by atoms with E-state index in [-0.39, 0.29) is 5.82 Å². The van der Waals surface area contributed by atoms with Crippen LogP contribution >= 0.6 is 0 Å². The fourth-order valence-electron chi connectivity index (χ4n) is 3.92. The van der Waals surface area contributed by atoms with Gasteiger partial charge in [-0.15, -0.1) is 0 Å². The van der Waals surface area contributed by atoms with Gasteiger partial charge in [0.05, 0.1) is 37.5 Å². The number of rotatable bonds is 3. The third-order valence-electron chi connectivity index (χ3n) is 5.41. The van der Waals surface area contributed by atoms with E-state index in [0.29, 0.717) is 69.6 Å². The highest BCUT2D eigenvalue weighted by atomic mass is 19.3. The Morgan fingerprint density at radius 3 is 2.40 bits per heavy atom. The minimum absolute atomic E-state index is 0.328. The van der Waals surface area contributed by atoms with Crippen LogP contribution in [0.1, 0.15) is 12.2 Å². The number of halogens is 2. The Kier molecular flexibility index (Phi) is 5.32. The van der Waals surface area contributed by atoms with E-state index in [9.17, 15) is 8.78 Å². The minimum atomic E-state index is -2.74. The third-order valence-corrected chi connectivity index (χ3v) is 5.41. The van der Waals surface area contributed by atoms with Crippen molar-refractivity contribution in [1.29, 1.82) is 0 Å². The van der Waals surface area contributed by atoms with Crippen molar-refractivity contribution in [3.05, 3.63) is 30.1 Å². The van der Waals surface area contributed by atoms with Gasteiger partial charge in [0.1, 0.15) is 6.34 Å². The number of imidazole rings is 1. The number of benzene rings is 1. The Hall–Kier alpha value is -2.63. The molecule has 1 aromatic heterocycles. The van der Waals surface area contributed by atoms with Crippen molar-refractivity contribution in [2.45, 2.75) is 12.7 Å². The summed E-state index contributed by atoms with van der Waals surface area (Å²) < 4.78 is 40.2. The number of para-hydroxylation sites is 2. The molecule has 11 heteroatoms. The monoisotopic (exact) mass is 419 g/mol. The Bertz CT molecular complexity index is 952. The molecule has 9 nitrogen and oxygen atoms in total. The van der Waals surface area contributed by atoms with Crippen molar-refractivity contribution in [3.8, 4) is 0 Å². The van der Waals surface area contributed by atoms with Crippen LogP contribution in [-0.4, -0.2) is 90.7 Å². The average Bonchev–Trinajstić information content (AvgIpc) is 3.20. The molecule has 0 spiro atoms. The molecule has 4 heterocycles. The van der Waals surface area contributed by atoms with Crippen molar-refractivity contribution in [1.82, 2.24) is 19.5 Å². The van der Waals surface area contributed by atoms with Crippen LogP contribution in [0.5, 0.6) is 0 Å². The van der Waals surface area contributed by atoms with E-state index >= 15 is 0 Å². The SMILES string of the molecule is FC(F)c1nc2ccccc2n1N1C=NC(N2CCOCC2)=NC1N1CCOCC1. The van der Waals surface area contributed by atoms with Gasteiger partial charge in [0.15, 0.2) is 5.82 Å². The Morgan fingerprint density at radius 2 is 1.67 bits per heavy atom. The van der Waals surface area contributed by atoms with E-state index in [1.165, 1.54) is 4.68 Å². The fourth-order valence-corrected chi connectivity index (χ4v) is 3.92. The largest absolute Gasteiger partial charge is 0.379 e. The number of ether oxygens (including phenoxy) is 2. The zero-order valence-corrected chi connectivity index (χ0v) is 16.4. The second-order valence-electron chi connectivity index (χ2n) is 7.22. The zero-order chi connectivity index (χ0) is 20.5. The first-order valence-electron chi connectivity index (χ1n) is 10.0. The molecule has 2 fully saturated rings. The maximum absolute atomic E-state index is 13.9. The Labute approximate surface area is 172 Å². The predicted octanol–water partition coefficient (Wildman–Crippen LogP) is 1.26. The van der Waals surface area contributed by atoms with Gasteiger partial charge < -0.3 is 14.4 Å². The van der Waals surface area contributed by atoms with E-state index in [0.717, 1.165) is 0 Å². The summed E-state index contributed by atoms with van der Waals surface area (Å²) in [6.45, 7) is 5.04. The average molecular weight is 419 g/mol. The maximum Gasteiger partial charge on any atom is 0.297 e. The number of aromatic nitrogens is 2. The molecule has 0 bridgehead atoms. The van der Waals surface area contributed by atoms with Crippen molar-refractivity contribution in [2.24, 2.45) is 9.98 Å². The van der Waals surface area contributed by atoms with Gasteiger partial charge in [0.2, 0.25) is 12.2 Å². The van der Waals surface area contributed by atoms with Crippen LogP contribution in [0, 0.1) is 0 Å². The first-order valence-corrected chi connectivity index (χ1v) is 10.0. The number of hydrogen-bond donors (Lipinski definition) is 0. The van der Waals surface area contributed by atoms with Crippen molar-refractivity contribution >= 4 is 23.3 Å². The van der Waals surface area contributed by atoms with E-state index in [1.54, 1.807) is 29.5 Å². The van der Waals surface area contributed by atoms with Gasteiger partial charge in [-0.3, -0.25) is 4.90 Å². The summed E-state index contributed by atoms with van der Waals surface area (Å²) in [6, 6.07) is 7.10. The molecule has 0 radical (unpaired) electrons. The topological polar surface area (TPSA) is 70.7 Å². The smallest absolute Gasteiger partial charge is 0.297 e. The summed E-state index contributed by atoms with van der Waals surface area (Å²) in [5.41, 5.74) is 1.09. The molecule has 30 heavy (non-hydrogen) atoms. The molecule has 3 aliphatic rings. The minimum Gasteiger partial charge on any atom is -0.379 e. The van der Waals surface area contributed by atoms with Crippen LogP contribution in [0.2, 0.25) is 0 Å². The molecule has 0 N–H and O–H groups in total. The Morgan fingerprint density at radius 1 is 0.967 bits per heavy atom. The summed E-state index contributed by atoms with van der Waals surface area (Å²) in [7, 11) is 0. The lowest BCUT2D eigenvalue weighted by Gasteiger charge is -2.41. The summed E-state index contributed by atoms with van der Waals surface area (Å²) in [5, 5.41) is 1.64. The van der Waals surface area contributed by atoms with Gasteiger partial charge in [-0.25, -0.2) is 33.4 Å². The van der Waals surface area contributed by atoms with Gasteiger partial charge in [-0.05, 0) is 12.1 Å². The van der Waals surface area contributed by atoms with Gasteiger partial charge in [0, 0.05) is 26.2 Å². The second-order valence-corrected chi connectivity index (χ2v) is 7.22. The van der Waals surface area contributed by atoms with Gasteiger partial charge in [-0.1, -0.05) is 12.1 Å². The fraction of sp³-hybridized carbons (Fsp3) is 0.526. The lowest BCUT2D eigenvalue weighted by atomic mass is 10.3. The molecule has 160 valence electrons. The van der Waals surface area contributed by atoms with E-state index in [4.69, 9.17) is 14.5 Å². The van der Waals surface area contributed by atoms with Crippen LogP contribution in [0.4, 0.5) is 8.78 Å². The first kappa shape index (κ1) is 19.3. The molecule has 2 aromatic rings. The van der Waals surface area contributed by atoms with Gasteiger partial charge in [-0.2, -0.15) is 0 Å². The zero-order valence-electron chi connectivity index (χ0n) is 16.4. The molecule has 1 aromatic carbocycles. The molecule has 0 amide bonds. The molecular formula is C19H23F2N7O2. The number of alkyl halides is 2. The van der Waals surface area contributed by atoms with Crippen LogP contribution in [0.3, 0.4) is 0 Å². The molecule has 5 rings (SSSR count). The highest BCUT2D eigenvalue weighted by Crippen LogP contribution is 2.26. The maximum atomic E-state index is 13.9. The number of guanidine groups is 1. The normalized spacial score (nSPS) is 23.4. The molecular weight excluding hydrogens is 396 g/mol. The molecule has 3 aliphatic heterocycles.